The van der Waals surface area contributed by atoms with E-state index in [1.807, 2.05) is 20.8 Å². The van der Waals surface area contributed by atoms with Crippen molar-refractivity contribution >= 4 is 38.4 Å². The minimum Gasteiger partial charge on any atom is -0.456 e. The van der Waals surface area contributed by atoms with Gasteiger partial charge in [-0.25, -0.2) is 9.78 Å². The molecule has 1 aromatic heterocycles. The number of aromatic nitrogens is 1. The van der Waals surface area contributed by atoms with Crippen molar-refractivity contribution in [2.45, 2.75) is 31.7 Å². The lowest BCUT2D eigenvalue weighted by atomic mass is 10.2. The molecule has 4 nitrogen and oxygen atoms in total. The average molecular weight is 293 g/mol. The lowest BCUT2D eigenvalue weighted by molar-refractivity contribution is 0.00742. The van der Waals surface area contributed by atoms with Crippen LogP contribution in [0.3, 0.4) is 0 Å². The van der Waals surface area contributed by atoms with E-state index in [1.54, 1.807) is 0 Å². The fourth-order valence-electron chi connectivity index (χ4n) is 0.945. The third-order valence-electron chi connectivity index (χ3n) is 1.42. The number of alkyl halides is 1. The first-order chi connectivity index (χ1) is 6.83. The predicted octanol–water partition coefficient (Wildman–Crippen LogP) is 2.58. The molecule has 84 valence electrons. The van der Waals surface area contributed by atoms with Gasteiger partial charge in [-0.1, -0.05) is 27.3 Å². The van der Waals surface area contributed by atoms with Crippen LogP contribution in [0.4, 0.5) is 5.13 Å². The number of hydrogen-bond acceptors (Lipinski definition) is 5. The molecule has 15 heavy (non-hydrogen) atoms. The third-order valence-corrected chi connectivity index (χ3v) is 2.86. The van der Waals surface area contributed by atoms with Crippen molar-refractivity contribution in [2.24, 2.45) is 0 Å². The van der Waals surface area contributed by atoms with E-state index < -0.39 is 5.60 Å². The van der Waals surface area contributed by atoms with Gasteiger partial charge in [-0.3, -0.25) is 0 Å². The van der Waals surface area contributed by atoms with Crippen LogP contribution in [-0.2, 0) is 10.1 Å². The molecule has 0 aliphatic rings. The minimum atomic E-state index is -0.501. The van der Waals surface area contributed by atoms with Gasteiger partial charge in [0, 0.05) is 5.33 Å². The maximum Gasteiger partial charge on any atom is 0.350 e. The standard InChI is InChI=1S/C9H13BrN2O2S/c1-9(2,3)14-7(13)6-5(4-10)12-8(11)15-6/h4H2,1-3H3,(H2,11,12). The number of nitrogens with two attached hydrogens (primary N) is 1. The van der Waals surface area contributed by atoms with E-state index in [0.717, 1.165) is 11.3 Å². The molecule has 1 rings (SSSR count). The summed E-state index contributed by atoms with van der Waals surface area (Å²) >= 11 is 4.40. The minimum absolute atomic E-state index is 0.369. The summed E-state index contributed by atoms with van der Waals surface area (Å²) in [7, 11) is 0. The number of anilines is 1. The van der Waals surface area contributed by atoms with Crippen molar-refractivity contribution in [3.63, 3.8) is 0 Å². The highest BCUT2D eigenvalue weighted by Gasteiger charge is 2.23. The van der Waals surface area contributed by atoms with Crippen molar-refractivity contribution in [1.82, 2.24) is 4.98 Å². The monoisotopic (exact) mass is 292 g/mol. The molecule has 6 heteroatoms. The fourth-order valence-corrected chi connectivity index (χ4v) is 2.26. The van der Waals surface area contributed by atoms with E-state index in [9.17, 15) is 4.79 Å². The second-order valence-corrected chi connectivity index (χ2v) is 5.55. The number of ether oxygens (including phenoxy) is 1. The number of carbonyl (C=O) groups excluding carboxylic acids is 1. The van der Waals surface area contributed by atoms with Crippen LogP contribution < -0.4 is 5.73 Å². The number of carbonyl (C=O) groups is 1. The molecule has 0 aliphatic heterocycles. The summed E-state index contributed by atoms with van der Waals surface area (Å²) in [5.74, 6) is -0.369. The van der Waals surface area contributed by atoms with Crippen molar-refractivity contribution in [2.75, 3.05) is 5.73 Å². The van der Waals surface area contributed by atoms with Crippen molar-refractivity contribution in [1.29, 1.82) is 0 Å². The zero-order chi connectivity index (χ0) is 11.6. The smallest absolute Gasteiger partial charge is 0.350 e. The molecule has 0 aliphatic carbocycles. The Morgan fingerprint density at radius 3 is 2.67 bits per heavy atom. The summed E-state index contributed by atoms with van der Waals surface area (Å²) in [6.07, 6.45) is 0. The Bertz CT molecular complexity index is 371. The zero-order valence-corrected chi connectivity index (χ0v) is 11.2. The summed E-state index contributed by atoms with van der Waals surface area (Å²) in [6.45, 7) is 5.47. The van der Waals surface area contributed by atoms with Crippen molar-refractivity contribution in [3.8, 4) is 0 Å². The molecule has 0 aromatic carbocycles. The molecule has 0 saturated heterocycles. The molecule has 0 spiro atoms. The molecular formula is C9H13BrN2O2S. The number of esters is 1. The normalized spacial score (nSPS) is 11.5. The number of hydrogen-bond donors (Lipinski definition) is 1. The maximum absolute atomic E-state index is 11.7. The van der Waals surface area contributed by atoms with Crippen LogP contribution in [0.25, 0.3) is 0 Å². The van der Waals surface area contributed by atoms with E-state index in [0.29, 0.717) is 21.0 Å². The Morgan fingerprint density at radius 1 is 1.60 bits per heavy atom. The summed E-state index contributed by atoms with van der Waals surface area (Å²) in [6, 6.07) is 0. The Labute approximate surface area is 101 Å². The van der Waals surface area contributed by atoms with Crippen LogP contribution in [0.5, 0.6) is 0 Å². The highest BCUT2D eigenvalue weighted by molar-refractivity contribution is 9.08. The first kappa shape index (κ1) is 12.4. The van der Waals surface area contributed by atoms with Crippen LogP contribution >= 0.6 is 27.3 Å². The lowest BCUT2D eigenvalue weighted by Crippen LogP contribution is -2.23. The van der Waals surface area contributed by atoms with Crippen LogP contribution in [0.1, 0.15) is 36.1 Å². The van der Waals surface area contributed by atoms with E-state index in [1.165, 1.54) is 0 Å². The molecule has 0 fully saturated rings. The van der Waals surface area contributed by atoms with Crippen LogP contribution in [0.15, 0.2) is 0 Å². The third kappa shape index (κ3) is 3.46. The lowest BCUT2D eigenvalue weighted by Gasteiger charge is -2.18. The Balaban J connectivity index is 2.91. The van der Waals surface area contributed by atoms with E-state index in [4.69, 9.17) is 10.5 Å². The van der Waals surface area contributed by atoms with E-state index in [-0.39, 0.29) is 5.97 Å². The number of thiazole rings is 1. The molecule has 2 N–H and O–H groups in total. The molecule has 0 unspecified atom stereocenters. The first-order valence-electron chi connectivity index (χ1n) is 4.38. The fraction of sp³-hybridized carbons (Fsp3) is 0.556. The second-order valence-electron chi connectivity index (χ2n) is 3.96. The molecular weight excluding hydrogens is 280 g/mol. The molecule has 0 amide bonds. The zero-order valence-electron chi connectivity index (χ0n) is 8.83. The van der Waals surface area contributed by atoms with Crippen LogP contribution in [-0.4, -0.2) is 16.6 Å². The molecule has 0 saturated carbocycles. The van der Waals surface area contributed by atoms with Gasteiger partial charge in [0.1, 0.15) is 10.5 Å². The largest absolute Gasteiger partial charge is 0.456 e. The van der Waals surface area contributed by atoms with Gasteiger partial charge in [-0.2, -0.15) is 0 Å². The van der Waals surface area contributed by atoms with Gasteiger partial charge in [-0.15, -0.1) is 0 Å². The van der Waals surface area contributed by atoms with Gasteiger partial charge in [0.05, 0.1) is 5.69 Å². The van der Waals surface area contributed by atoms with Gasteiger partial charge in [-0.05, 0) is 20.8 Å². The Kier molecular flexibility index (Phi) is 3.72. The predicted molar refractivity (Wildman–Crippen MR) is 64.3 cm³/mol. The van der Waals surface area contributed by atoms with E-state index in [2.05, 4.69) is 20.9 Å². The highest BCUT2D eigenvalue weighted by atomic mass is 79.9. The number of rotatable bonds is 2. The van der Waals surface area contributed by atoms with Gasteiger partial charge >= 0.3 is 5.97 Å². The van der Waals surface area contributed by atoms with Crippen molar-refractivity contribution < 1.29 is 9.53 Å². The summed E-state index contributed by atoms with van der Waals surface area (Å²) in [5.41, 5.74) is 5.67. The SMILES string of the molecule is CC(C)(C)OC(=O)c1sc(N)nc1CBr. The second kappa shape index (κ2) is 4.49. The average Bonchev–Trinajstić information content (AvgIpc) is 2.43. The van der Waals surface area contributed by atoms with Gasteiger partial charge in [0.2, 0.25) is 0 Å². The summed E-state index contributed by atoms with van der Waals surface area (Å²) < 4.78 is 5.23. The summed E-state index contributed by atoms with van der Waals surface area (Å²) in [4.78, 5) is 16.2. The molecule has 0 radical (unpaired) electrons. The Hall–Kier alpha value is -0.620. The van der Waals surface area contributed by atoms with E-state index >= 15 is 0 Å². The molecule has 0 atom stereocenters. The number of nitrogen functional groups attached to an aromatic ring is 1. The van der Waals surface area contributed by atoms with Crippen LogP contribution in [0, 0.1) is 0 Å². The molecule has 0 bridgehead atoms. The van der Waals surface area contributed by atoms with Crippen LogP contribution in [0.2, 0.25) is 0 Å². The highest BCUT2D eigenvalue weighted by Crippen LogP contribution is 2.24. The van der Waals surface area contributed by atoms with Gasteiger partial charge in [0.15, 0.2) is 5.13 Å². The maximum atomic E-state index is 11.7. The van der Waals surface area contributed by atoms with Crippen molar-refractivity contribution in [3.05, 3.63) is 10.6 Å². The Morgan fingerprint density at radius 2 is 2.20 bits per heavy atom. The number of nitrogens with zero attached hydrogens (tertiary/aromatic N) is 1. The summed E-state index contributed by atoms with van der Waals surface area (Å²) in [5, 5.41) is 0.875. The molecule has 1 aromatic rings. The van der Waals surface area contributed by atoms with Gasteiger partial charge in [0.25, 0.3) is 0 Å². The topological polar surface area (TPSA) is 65.2 Å². The molecule has 1 heterocycles. The first-order valence-corrected chi connectivity index (χ1v) is 6.32. The number of halogens is 1. The quantitative estimate of drug-likeness (QED) is 0.672. The van der Waals surface area contributed by atoms with Gasteiger partial charge < -0.3 is 10.5 Å².